The fraction of sp³-hybridized carbons (Fsp3) is 0.818. The lowest BCUT2D eigenvalue weighted by atomic mass is 9.90. The molecule has 0 saturated carbocycles. The van der Waals surface area contributed by atoms with E-state index in [4.69, 9.17) is 15.7 Å². The van der Waals surface area contributed by atoms with Crippen molar-refractivity contribution in [2.75, 3.05) is 26.8 Å². The molecule has 1 rings (SSSR count). The minimum Gasteiger partial charge on any atom is -0.409 e. The lowest BCUT2D eigenvalue weighted by molar-refractivity contribution is -0.136. The molecular formula is C11H21N3O3. The molecule has 17 heavy (non-hydrogen) atoms. The molecule has 1 saturated heterocycles. The third-order valence-corrected chi connectivity index (χ3v) is 3.26. The molecule has 0 spiro atoms. The van der Waals surface area contributed by atoms with Gasteiger partial charge in [-0.1, -0.05) is 5.16 Å². The van der Waals surface area contributed by atoms with Gasteiger partial charge in [-0.2, -0.15) is 0 Å². The quantitative estimate of drug-likeness (QED) is 0.321. The molecule has 1 fully saturated rings. The van der Waals surface area contributed by atoms with Gasteiger partial charge in [-0.15, -0.1) is 0 Å². The summed E-state index contributed by atoms with van der Waals surface area (Å²) >= 11 is 0. The molecular weight excluding hydrogens is 222 g/mol. The van der Waals surface area contributed by atoms with Gasteiger partial charge < -0.3 is 20.6 Å². The van der Waals surface area contributed by atoms with Crippen LogP contribution in [0, 0.1) is 11.3 Å². The van der Waals surface area contributed by atoms with E-state index in [9.17, 15) is 4.79 Å². The molecule has 0 aromatic carbocycles. The summed E-state index contributed by atoms with van der Waals surface area (Å²) in [4.78, 5) is 14.0. The van der Waals surface area contributed by atoms with Gasteiger partial charge in [0.2, 0.25) is 5.91 Å². The van der Waals surface area contributed by atoms with E-state index in [1.54, 1.807) is 25.9 Å². The number of carbonyl (C=O) groups excluding carboxylic acids is 1. The number of amidine groups is 1. The van der Waals surface area contributed by atoms with Crippen LogP contribution in [-0.4, -0.2) is 48.7 Å². The highest BCUT2D eigenvalue weighted by molar-refractivity contribution is 6.05. The van der Waals surface area contributed by atoms with Crippen molar-refractivity contribution >= 4 is 11.7 Å². The molecule has 0 radical (unpaired) electrons. The molecule has 6 nitrogen and oxygen atoms in total. The third kappa shape index (κ3) is 2.88. The Hall–Kier alpha value is -1.30. The molecule has 1 aliphatic heterocycles. The first-order chi connectivity index (χ1) is 7.93. The Morgan fingerprint density at radius 3 is 2.82 bits per heavy atom. The number of likely N-dealkylation sites (tertiary alicyclic amines) is 1. The third-order valence-electron chi connectivity index (χ3n) is 3.26. The lowest BCUT2D eigenvalue weighted by Gasteiger charge is -2.28. The van der Waals surface area contributed by atoms with Crippen LogP contribution in [0.25, 0.3) is 0 Å². The number of amides is 1. The lowest BCUT2D eigenvalue weighted by Crippen LogP contribution is -2.47. The van der Waals surface area contributed by atoms with E-state index in [1.165, 1.54) is 0 Å². The predicted molar refractivity (Wildman–Crippen MR) is 63.8 cm³/mol. The van der Waals surface area contributed by atoms with E-state index in [-0.39, 0.29) is 11.7 Å². The summed E-state index contributed by atoms with van der Waals surface area (Å²) in [6.45, 7) is 5.36. The number of hydrogen-bond acceptors (Lipinski definition) is 4. The van der Waals surface area contributed by atoms with Crippen molar-refractivity contribution in [1.82, 2.24) is 4.90 Å². The molecule has 0 bridgehead atoms. The number of ether oxygens (including phenoxy) is 1. The fourth-order valence-electron chi connectivity index (χ4n) is 2.02. The maximum absolute atomic E-state index is 12.2. The molecule has 1 aliphatic rings. The van der Waals surface area contributed by atoms with Crippen molar-refractivity contribution in [3.8, 4) is 0 Å². The molecule has 3 N–H and O–H groups in total. The Labute approximate surface area is 101 Å². The summed E-state index contributed by atoms with van der Waals surface area (Å²) in [7, 11) is 1.66. The van der Waals surface area contributed by atoms with Crippen LogP contribution in [0.1, 0.15) is 20.3 Å². The highest BCUT2D eigenvalue weighted by Gasteiger charge is 2.39. The zero-order valence-corrected chi connectivity index (χ0v) is 10.6. The van der Waals surface area contributed by atoms with E-state index in [1.807, 2.05) is 0 Å². The average Bonchev–Trinajstić information content (AvgIpc) is 2.75. The largest absolute Gasteiger partial charge is 0.409 e. The topological polar surface area (TPSA) is 88.2 Å². The van der Waals surface area contributed by atoms with Crippen molar-refractivity contribution in [1.29, 1.82) is 0 Å². The second kappa shape index (κ2) is 5.35. The van der Waals surface area contributed by atoms with Crippen molar-refractivity contribution in [3.63, 3.8) is 0 Å². The minimum atomic E-state index is -0.962. The van der Waals surface area contributed by atoms with E-state index >= 15 is 0 Å². The van der Waals surface area contributed by atoms with Gasteiger partial charge in [-0.25, -0.2) is 0 Å². The predicted octanol–water partition coefficient (Wildman–Crippen LogP) is 0.254. The number of oxime groups is 1. The second-order valence-corrected chi connectivity index (χ2v) is 4.97. The van der Waals surface area contributed by atoms with Crippen molar-refractivity contribution in [2.45, 2.75) is 20.3 Å². The van der Waals surface area contributed by atoms with Gasteiger partial charge in [0.15, 0.2) is 5.84 Å². The van der Waals surface area contributed by atoms with Crippen LogP contribution in [0.15, 0.2) is 5.16 Å². The molecule has 0 aromatic heterocycles. The molecule has 1 amide bonds. The van der Waals surface area contributed by atoms with Gasteiger partial charge in [-0.3, -0.25) is 4.79 Å². The normalized spacial score (nSPS) is 21.9. The van der Waals surface area contributed by atoms with Gasteiger partial charge in [0.1, 0.15) is 5.41 Å². The first-order valence-corrected chi connectivity index (χ1v) is 5.69. The Morgan fingerprint density at radius 2 is 2.29 bits per heavy atom. The first-order valence-electron chi connectivity index (χ1n) is 5.69. The van der Waals surface area contributed by atoms with Crippen LogP contribution in [0.4, 0.5) is 0 Å². The molecule has 98 valence electrons. The van der Waals surface area contributed by atoms with Crippen molar-refractivity contribution in [2.24, 2.45) is 22.2 Å². The highest BCUT2D eigenvalue weighted by Crippen LogP contribution is 2.24. The van der Waals surface area contributed by atoms with Crippen LogP contribution >= 0.6 is 0 Å². The van der Waals surface area contributed by atoms with Crippen LogP contribution in [0.3, 0.4) is 0 Å². The average molecular weight is 243 g/mol. The van der Waals surface area contributed by atoms with Crippen LogP contribution < -0.4 is 5.73 Å². The molecule has 1 atom stereocenters. The number of nitrogens with two attached hydrogens (primary N) is 1. The Bertz CT molecular complexity index is 315. The van der Waals surface area contributed by atoms with Crippen LogP contribution in [0.2, 0.25) is 0 Å². The van der Waals surface area contributed by atoms with Gasteiger partial charge in [0, 0.05) is 26.1 Å². The zero-order valence-electron chi connectivity index (χ0n) is 10.6. The van der Waals surface area contributed by atoms with E-state index < -0.39 is 5.41 Å². The van der Waals surface area contributed by atoms with E-state index in [2.05, 4.69) is 5.16 Å². The van der Waals surface area contributed by atoms with Crippen LogP contribution in [-0.2, 0) is 9.53 Å². The summed E-state index contributed by atoms with van der Waals surface area (Å²) < 4.78 is 5.08. The highest BCUT2D eigenvalue weighted by atomic mass is 16.5. The van der Waals surface area contributed by atoms with Gasteiger partial charge in [0.25, 0.3) is 0 Å². The summed E-state index contributed by atoms with van der Waals surface area (Å²) in [6.07, 6.45) is 0.936. The van der Waals surface area contributed by atoms with E-state index in [0.717, 1.165) is 6.42 Å². The monoisotopic (exact) mass is 243 g/mol. The van der Waals surface area contributed by atoms with E-state index in [0.29, 0.717) is 25.6 Å². The van der Waals surface area contributed by atoms with Gasteiger partial charge in [0.05, 0.1) is 6.61 Å². The Morgan fingerprint density at radius 1 is 1.65 bits per heavy atom. The maximum Gasteiger partial charge on any atom is 0.235 e. The SMILES string of the molecule is COCC1CCN(C(=O)C(C)(C)C(N)=NO)C1. The smallest absolute Gasteiger partial charge is 0.235 e. The Kier molecular flexibility index (Phi) is 4.34. The van der Waals surface area contributed by atoms with Gasteiger partial charge >= 0.3 is 0 Å². The van der Waals surface area contributed by atoms with Crippen LogP contribution in [0.5, 0.6) is 0 Å². The molecule has 6 heteroatoms. The van der Waals surface area contributed by atoms with Crippen molar-refractivity contribution < 1.29 is 14.7 Å². The summed E-state index contributed by atoms with van der Waals surface area (Å²) in [6, 6.07) is 0. The summed E-state index contributed by atoms with van der Waals surface area (Å²) in [5, 5.41) is 11.6. The number of rotatable bonds is 4. The minimum absolute atomic E-state index is 0.0577. The van der Waals surface area contributed by atoms with Gasteiger partial charge in [-0.05, 0) is 20.3 Å². The number of carbonyl (C=O) groups is 1. The zero-order chi connectivity index (χ0) is 13.1. The number of methoxy groups -OCH3 is 1. The number of hydrogen-bond donors (Lipinski definition) is 2. The maximum atomic E-state index is 12.2. The standard InChI is InChI=1S/C11H21N3O3/c1-11(2,9(12)13-16)10(15)14-5-4-8(6-14)7-17-3/h8,16H,4-7H2,1-3H3,(H2,12,13). The van der Waals surface area contributed by atoms with Crippen molar-refractivity contribution in [3.05, 3.63) is 0 Å². The molecule has 1 heterocycles. The summed E-state index contributed by atoms with van der Waals surface area (Å²) in [5.41, 5.74) is 4.58. The first kappa shape index (κ1) is 13.8. The molecule has 0 aliphatic carbocycles. The summed E-state index contributed by atoms with van der Waals surface area (Å²) in [5.74, 6) is 0.219. The fourth-order valence-corrected chi connectivity index (χ4v) is 2.02. The Balaban J connectivity index is 2.66. The molecule has 1 unspecified atom stereocenters. The second-order valence-electron chi connectivity index (χ2n) is 4.97. The number of nitrogens with zero attached hydrogens (tertiary/aromatic N) is 2. The molecule has 0 aromatic rings.